The van der Waals surface area contributed by atoms with Gasteiger partial charge in [0.2, 0.25) is 0 Å². The highest BCUT2D eigenvalue weighted by molar-refractivity contribution is 6.01. The van der Waals surface area contributed by atoms with E-state index in [0.29, 0.717) is 19.1 Å². The fraction of sp³-hybridized carbons (Fsp3) is 0.500. The molecule has 3 nitrogen and oxygen atoms in total. The molecule has 0 saturated heterocycles. The molecule has 0 spiro atoms. The first-order valence-electron chi connectivity index (χ1n) is 6.15. The van der Waals surface area contributed by atoms with Crippen molar-refractivity contribution >= 4 is 18.2 Å². The van der Waals surface area contributed by atoms with Crippen LogP contribution in [0.1, 0.15) is 24.2 Å². The number of hydrogen-bond acceptors (Lipinski definition) is 3. The van der Waals surface area contributed by atoms with E-state index in [1.54, 1.807) is 0 Å². The van der Waals surface area contributed by atoms with E-state index >= 15 is 0 Å². The highest BCUT2D eigenvalue weighted by Gasteiger charge is 2.27. The van der Waals surface area contributed by atoms with E-state index in [1.807, 2.05) is 24.3 Å². The van der Waals surface area contributed by atoms with Crippen molar-refractivity contribution in [1.29, 1.82) is 0 Å². The number of carbonyl (C=O) groups is 1. The first-order valence-corrected chi connectivity index (χ1v) is 6.15. The van der Waals surface area contributed by atoms with E-state index in [0.717, 1.165) is 17.9 Å². The lowest BCUT2D eigenvalue weighted by Crippen LogP contribution is -2.37. The van der Waals surface area contributed by atoms with Gasteiger partial charge in [-0.05, 0) is 24.6 Å². The summed E-state index contributed by atoms with van der Waals surface area (Å²) in [5, 5.41) is 3.31. The molecule has 1 aliphatic rings. The van der Waals surface area contributed by atoms with Crippen LogP contribution >= 0.6 is 12.4 Å². The lowest BCUT2D eigenvalue weighted by Gasteiger charge is -2.24. The number of Topliss-reactive ketones (excluding diaryl/α,β-unsaturated/α-hetero) is 1. The van der Waals surface area contributed by atoms with Crippen LogP contribution in [0.25, 0.3) is 0 Å². The number of ketones is 1. The fourth-order valence-corrected chi connectivity index (χ4v) is 1.98. The molecular formula is C14H20ClNO2. The predicted molar refractivity (Wildman–Crippen MR) is 74.7 cm³/mol. The average Bonchev–Trinajstić information content (AvgIpc) is 2.32. The summed E-state index contributed by atoms with van der Waals surface area (Å²) in [6.45, 7) is 6.43. The van der Waals surface area contributed by atoms with E-state index in [4.69, 9.17) is 4.74 Å². The van der Waals surface area contributed by atoms with E-state index in [2.05, 4.69) is 19.2 Å². The van der Waals surface area contributed by atoms with Crippen LogP contribution in [0.3, 0.4) is 0 Å². The Balaban J connectivity index is 0.00000162. The molecule has 1 aromatic carbocycles. The van der Waals surface area contributed by atoms with E-state index in [9.17, 15) is 4.79 Å². The number of halogens is 1. The molecule has 100 valence electrons. The minimum absolute atomic E-state index is 0. The number of nitrogens with one attached hydrogen (secondary N) is 1. The van der Waals surface area contributed by atoms with E-state index in [1.165, 1.54) is 0 Å². The maximum atomic E-state index is 12.2. The number of rotatable bonds is 4. The van der Waals surface area contributed by atoms with Crippen molar-refractivity contribution < 1.29 is 9.53 Å². The monoisotopic (exact) mass is 269 g/mol. The molecule has 0 fully saturated rings. The van der Waals surface area contributed by atoms with Crippen LogP contribution in [0.15, 0.2) is 24.3 Å². The topological polar surface area (TPSA) is 38.3 Å². The van der Waals surface area contributed by atoms with Gasteiger partial charge in [0, 0.05) is 6.54 Å². The number of carbonyl (C=O) groups excluding carboxylic acids is 1. The molecular weight excluding hydrogens is 250 g/mol. The standard InChI is InChI=1S/C14H19NO2.ClH/c1-10(2)7-15-8-11-9-17-13-6-4-3-5-12(13)14(11)16;/h3-6,10-11,15H,7-9H2,1-2H3;1H. The van der Waals surface area contributed by atoms with E-state index < -0.39 is 0 Å². The minimum atomic E-state index is -0.0522. The molecule has 0 aromatic heterocycles. The Morgan fingerprint density at radius 2 is 2.11 bits per heavy atom. The number of fused-ring (bicyclic) bond motifs is 1. The molecule has 1 heterocycles. The van der Waals surface area contributed by atoms with Crippen molar-refractivity contribution in [2.45, 2.75) is 13.8 Å². The molecule has 0 amide bonds. The zero-order chi connectivity index (χ0) is 12.3. The maximum Gasteiger partial charge on any atom is 0.174 e. The van der Waals surface area contributed by atoms with Gasteiger partial charge in [-0.25, -0.2) is 0 Å². The largest absolute Gasteiger partial charge is 0.492 e. The van der Waals surface area contributed by atoms with Crippen LogP contribution in [0.2, 0.25) is 0 Å². The highest BCUT2D eigenvalue weighted by Crippen LogP contribution is 2.26. The second kappa shape index (κ2) is 6.76. The third kappa shape index (κ3) is 3.47. The zero-order valence-corrected chi connectivity index (χ0v) is 11.6. The van der Waals surface area contributed by atoms with Crippen molar-refractivity contribution in [3.63, 3.8) is 0 Å². The van der Waals surface area contributed by atoms with Crippen LogP contribution in [0, 0.1) is 11.8 Å². The summed E-state index contributed by atoms with van der Waals surface area (Å²) < 4.78 is 5.60. The maximum absolute atomic E-state index is 12.2. The Morgan fingerprint density at radius 1 is 1.39 bits per heavy atom. The minimum Gasteiger partial charge on any atom is -0.492 e. The smallest absolute Gasteiger partial charge is 0.174 e. The van der Waals surface area contributed by atoms with Gasteiger partial charge in [-0.2, -0.15) is 0 Å². The number of ether oxygens (including phenoxy) is 1. The van der Waals surface area contributed by atoms with Gasteiger partial charge in [0.05, 0.1) is 18.1 Å². The summed E-state index contributed by atoms with van der Waals surface area (Å²) in [5.74, 6) is 1.46. The molecule has 1 atom stereocenters. The van der Waals surface area contributed by atoms with Crippen molar-refractivity contribution in [1.82, 2.24) is 5.32 Å². The van der Waals surface area contributed by atoms with Crippen LogP contribution in [-0.2, 0) is 0 Å². The van der Waals surface area contributed by atoms with Gasteiger partial charge in [0.25, 0.3) is 0 Å². The van der Waals surface area contributed by atoms with Crippen molar-refractivity contribution in [3.8, 4) is 5.75 Å². The average molecular weight is 270 g/mol. The molecule has 1 aliphatic heterocycles. The van der Waals surface area contributed by atoms with Crippen molar-refractivity contribution in [3.05, 3.63) is 29.8 Å². The predicted octanol–water partition coefficient (Wildman–Crippen LogP) is 2.55. The molecule has 1 aromatic rings. The summed E-state index contributed by atoms with van der Waals surface area (Å²) in [6, 6.07) is 7.46. The Kier molecular flexibility index (Phi) is 5.63. The summed E-state index contributed by atoms with van der Waals surface area (Å²) in [4.78, 5) is 12.2. The molecule has 1 N–H and O–H groups in total. The van der Waals surface area contributed by atoms with Gasteiger partial charge >= 0.3 is 0 Å². The van der Waals surface area contributed by atoms with Crippen LogP contribution in [0.5, 0.6) is 5.75 Å². The fourth-order valence-electron chi connectivity index (χ4n) is 1.98. The molecule has 4 heteroatoms. The second-order valence-corrected chi connectivity index (χ2v) is 4.92. The first kappa shape index (κ1) is 15.0. The molecule has 0 saturated carbocycles. The quantitative estimate of drug-likeness (QED) is 0.913. The van der Waals surface area contributed by atoms with Crippen LogP contribution in [0.4, 0.5) is 0 Å². The summed E-state index contributed by atoms with van der Waals surface area (Å²) in [7, 11) is 0. The lowest BCUT2D eigenvalue weighted by atomic mass is 9.95. The number of hydrogen-bond donors (Lipinski definition) is 1. The van der Waals surface area contributed by atoms with Crippen molar-refractivity contribution in [2.24, 2.45) is 11.8 Å². The molecule has 1 unspecified atom stereocenters. The summed E-state index contributed by atoms with van der Waals surface area (Å²) in [6.07, 6.45) is 0. The lowest BCUT2D eigenvalue weighted by molar-refractivity contribution is 0.0829. The third-order valence-corrected chi connectivity index (χ3v) is 2.91. The van der Waals surface area contributed by atoms with E-state index in [-0.39, 0.29) is 24.1 Å². The Morgan fingerprint density at radius 3 is 2.83 bits per heavy atom. The molecule has 2 rings (SSSR count). The highest BCUT2D eigenvalue weighted by atomic mass is 35.5. The van der Waals surface area contributed by atoms with Crippen molar-refractivity contribution in [2.75, 3.05) is 19.7 Å². The second-order valence-electron chi connectivity index (χ2n) is 4.92. The summed E-state index contributed by atoms with van der Waals surface area (Å²) in [5.41, 5.74) is 0.718. The van der Waals surface area contributed by atoms with Gasteiger partial charge in [-0.1, -0.05) is 26.0 Å². The van der Waals surface area contributed by atoms with Gasteiger partial charge in [0.15, 0.2) is 5.78 Å². The zero-order valence-electron chi connectivity index (χ0n) is 10.8. The Bertz CT molecular complexity index is 407. The Labute approximate surface area is 114 Å². The number of para-hydroxylation sites is 1. The summed E-state index contributed by atoms with van der Waals surface area (Å²) >= 11 is 0. The van der Waals surface area contributed by atoms with Crippen LogP contribution < -0.4 is 10.1 Å². The SMILES string of the molecule is CC(C)CNCC1COc2ccccc2C1=O.Cl. The van der Waals surface area contributed by atoms with Gasteiger partial charge in [-0.3, -0.25) is 4.79 Å². The molecule has 18 heavy (non-hydrogen) atoms. The normalized spacial score (nSPS) is 17.9. The number of benzene rings is 1. The molecule has 0 bridgehead atoms. The van der Waals surface area contributed by atoms with Gasteiger partial charge in [0.1, 0.15) is 5.75 Å². The third-order valence-electron chi connectivity index (χ3n) is 2.91. The van der Waals surface area contributed by atoms with Gasteiger partial charge in [-0.15, -0.1) is 12.4 Å². The molecule has 0 aliphatic carbocycles. The molecule has 0 radical (unpaired) electrons. The van der Waals surface area contributed by atoms with Crippen LogP contribution in [-0.4, -0.2) is 25.5 Å². The first-order chi connectivity index (χ1) is 8.18. The Hall–Kier alpha value is -1.06. The van der Waals surface area contributed by atoms with Gasteiger partial charge < -0.3 is 10.1 Å².